The van der Waals surface area contributed by atoms with Crippen molar-refractivity contribution in [3.8, 4) is 22.3 Å². The first-order valence-electron chi connectivity index (χ1n) is 18.9. The van der Waals surface area contributed by atoms with Crippen molar-refractivity contribution >= 4 is 24.0 Å². The van der Waals surface area contributed by atoms with Crippen LogP contribution in [0.3, 0.4) is 0 Å². The number of benzene rings is 5. The Hall–Kier alpha value is -4.12. The predicted molar refractivity (Wildman–Crippen MR) is 204 cm³/mol. The fourth-order valence-electron chi connectivity index (χ4n) is 11.2. The van der Waals surface area contributed by atoms with Crippen LogP contribution in [0.25, 0.3) is 22.3 Å². The quantitative estimate of drug-likeness (QED) is 0.165. The van der Waals surface area contributed by atoms with Gasteiger partial charge in [0, 0.05) is 34.2 Å². The van der Waals surface area contributed by atoms with Crippen molar-refractivity contribution in [3.05, 3.63) is 136 Å². The van der Waals surface area contributed by atoms with Crippen LogP contribution in [-0.4, -0.2) is 24.4 Å². The number of anilines is 2. The van der Waals surface area contributed by atoms with Gasteiger partial charge in [-0.1, -0.05) is 118 Å². The van der Waals surface area contributed by atoms with Crippen molar-refractivity contribution in [3.63, 3.8) is 0 Å². The number of hydrogen-bond donors (Lipinski definition) is 0. The third kappa shape index (κ3) is 3.28. The van der Waals surface area contributed by atoms with E-state index in [4.69, 9.17) is 9.31 Å². The minimum atomic E-state index is -0.471. The van der Waals surface area contributed by atoms with E-state index in [2.05, 4.69) is 144 Å². The number of para-hydroxylation sites is 1. The number of rotatable bonds is 1. The first kappa shape index (κ1) is 29.6. The van der Waals surface area contributed by atoms with Gasteiger partial charge < -0.3 is 14.2 Å². The molecule has 4 heteroatoms. The van der Waals surface area contributed by atoms with E-state index in [0.29, 0.717) is 12.0 Å². The van der Waals surface area contributed by atoms with E-state index in [1.807, 2.05) is 0 Å². The third-order valence-corrected chi connectivity index (χ3v) is 14.2. The summed E-state index contributed by atoms with van der Waals surface area (Å²) in [7, 11) is -0.471. The molecule has 2 atom stereocenters. The maximum Gasteiger partial charge on any atom is 0.495 e. The van der Waals surface area contributed by atoms with Gasteiger partial charge in [-0.2, -0.15) is 0 Å². The Morgan fingerprint density at radius 3 is 1.86 bits per heavy atom. The van der Waals surface area contributed by atoms with Crippen LogP contribution in [-0.2, 0) is 20.1 Å². The van der Waals surface area contributed by atoms with Gasteiger partial charge in [0.05, 0.1) is 22.3 Å². The fourth-order valence-corrected chi connectivity index (χ4v) is 11.2. The second kappa shape index (κ2) is 9.40. The van der Waals surface area contributed by atoms with Crippen LogP contribution in [0.5, 0.6) is 0 Å². The van der Waals surface area contributed by atoms with E-state index in [1.54, 1.807) is 0 Å². The van der Waals surface area contributed by atoms with Crippen LogP contribution in [0, 0.1) is 0 Å². The summed E-state index contributed by atoms with van der Waals surface area (Å²) in [5, 5.41) is 0. The Labute approximate surface area is 296 Å². The number of hydrogen-bond acceptors (Lipinski definition) is 3. The van der Waals surface area contributed by atoms with Gasteiger partial charge in [-0.15, -0.1) is 0 Å². The molecule has 1 saturated carbocycles. The lowest BCUT2D eigenvalue weighted by atomic mass is 9.55. The summed E-state index contributed by atoms with van der Waals surface area (Å²) in [5.74, 6) is 0.551. The van der Waals surface area contributed by atoms with Gasteiger partial charge >= 0.3 is 7.12 Å². The minimum Gasteiger partial charge on any atom is -0.399 e. The molecule has 3 aliphatic heterocycles. The average molecular weight is 654 g/mol. The Bertz CT molecular complexity index is 2250. The lowest BCUT2D eigenvalue weighted by molar-refractivity contribution is 0.00578. The first-order valence-corrected chi connectivity index (χ1v) is 18.9. The molecule has 3 aliphatic carbocycles. The molecule has 3 nitrogen and oxygen atoms in total. The molecule has 248 valence electrons. The van der Waals surface area contributed by atoms with Crippen molar-refractivity contribution in [2.24, 2.45) is 0 Å². The van der Waals surface area contributed by atoms with Gasteiger partial charge in [-0.3, -0.25) is 0 Å². The Kier molecular flexibility index (Phi) is 5.57. The molecule has 2 fully saturated rings. The van der Waals surface area contributed by atoms with E-state index >= 15 is 0 Å². The van der Waals surface area contributed by atoms with Gasteiger partial charge in [0.2, 0.25) is 0 Å². The molecule has 2 unspecified atom stereocenters. The highest BCUT2D eigenvalue weighted by Gasteiger charge is 2.59. The average Bonchev–Trinajstić information content (AvgIpc) is 3.65. The summed E-state index contributed by atoms with van der Waals surface area (Å²) >= 11 is 0. The van der Waals surface area contributed by atoms with Gasteiger partial charge in [0.25, 0.3) is 0 Å². The van der Waals surface area contributed by atoms with Crippen molar-refractivity contribution in [2.45, 2.75) is 101 Å². The summed E-state index contributed by atoms with van der Waals surface area (Å²) in [4.78, 5) is 2.80. The predicted octanol–water partition coefficient (Wildman–Crippen LogP) is 10.1. The van der Waals surface area contributed by atoms with Crippen LogP contribution in [0.2, 0.25) is 0 Å². The molecular weight excluding hydrogens is 609 g/mol. The van der Waals surface area contributed by atoms with Crippen molar-refractivity contribution in [2.75, 3.05) is 4.90 Å². The maximum atomic E-state index is 6.91. The Morgan fingerprint density at radius 2 is 1.16 bits per heavy atom. The molecule has 6 aliphatic rings. The molecule has 1 spiro atoms. The zero-order chi connectivity index (χ0) is 33.9. The Morgan fingerprint density at radius 1 is 0.580 bits per heavy atom. The molecule has 1 saturated heterocycles. The first-order chi connectivity index (χ1) is 24.1. The van der Waals surface area contributed by atoms with Gasteiger partial charge in [-0.05, 0) is 102 Å². The largest absolute Gasteiger partial charge is 0.495 e. The molecule has 0 N–H and O–H groups in total. The molecule has 0 radical (unpaired) electrons. The molecule has 50 heavy (non-hydrogen) atoms. The zero-order valence-electron chi connectivity index (χ0n) is 30.1. The summed E-state index contributed by atoms with van der Waals surface area (Å²) < 4.78 is 13.8. The summed E-state index contributed by atoms with van der Waals surface area (Å²) in [6, 6.07) is 38.2. The van der Waals surface area contributed by atoms with E-state index in [-0.39, 0.29) is 5.41 Å². The Balaban J connectivity index is 1.34. The van der Waals surface area contributed by atoms with E-state index in [0.717, 1.165) is 5.46 Å². The third-order valence-electron chi connectivity index (χ3n) is 14.2. The zero-order valence-corrected chi connectivity index (χ0v) is 30.1. The lowest BCUT2D eigenvalue weighted by Gasteiger charge is -2.46. The van der Waals surface area contributed by atoms with Crippen LogP contribution in [0.4, 0.5) is 11.4 Å². The summed E-state index contributed by atoms with van der Waals surface area (Å²) in [5.41, 5.74) is 17.8. The monoisotopic (exact) mass is 653 g/mol. The highest BCUT2D eigenvalue weighted by Crippen LogP contribution is 2.69. The normalized spacial score (nSPS) is 24.3. The standard InChI is InChI=1S/C46H44BNO2/c1-43(2)30-17-9-11-19-32(30)46(33-20-12-10-18-31(33)43)34-25-26-36(47-49-44(3,4)45(5,6)50-47)39-29-16-8-14-22-38(29)48-37-21-13-7-15-27(37)28-23-24-35(46)41(40(34)39)42(28)48/h8-12,14,16-20,22-27,37H,7,13,15,21H2,1-6H3. The highest BCUT2D eigenvalue weighted by atomic mass is 16.7. The second-order valence-electron chi connectivity index (χ2n) is 17.3. The molecule has 5 aromatic rings. The van der Waals surface area contributed by atoms with Crippen molar-refractivity contribution in [1.29, 1.82) is 0 Å². The summed E-state index contributed by atoms with van der Waals surface area (Å²) in [6.45, 7) is 13.5. The second-order valence-corrected chi connectivity index (χ2v) is 17.3. The smallest absolute Gasteiger partial charge is 0.399 e. The van der Waals surface area contributed by atoms with Crippen LogP contribution in [0.15, 0.2) is 97.1 Å². The topological polar surface area (TPSA) is 21.7 Å². The highest BCUT2D eigenvalue weighted by molar-refractivity contribution is 6.64. The molecule has 0 bridgehead atoms. The van der Waals surface area contributed by atoms with Crippen LogP contribution < -0.4 is 10.4 Å². The molecule has 11 rings (SSSR count). The fraction of sp³-hybridized carbons (Fsp3) is 0.348. The van der Waals surface area contributed by atoms with Gasteiger partial charge in [0.15, 0.2) is 0 Å². The molecule has 3 heterocycles. The number of nitrogens with zero attached hydrogens (tertiary/aromatic N) is 1. The van der Waals surface area contributed by atoms with Gasteiger partial charge in [0.1, 0.15) is 0 Å². The minimum absolute atomic E-state index is 0.131. The summed E-state index contributed by atoms with van der Waals surface area (Å²) in [6.07, 6.45) is 5.07. The number of fused-ring (bicyclic) bond motifs is 12. The van der Waals surface area contributed by atoms with Crippen LogP contribution in [0.1, 0.15) is 112 Å². The lowest BCUT2D eigenvalue weighted by Crippen LogP contribution is -2.41. The van der Waals surface area contributed by atoms with E-state index in [9.17, 15) is 0 Å². The molecule has 0 amide bonds. The maximum absolute atomic E-state index is 6.91. The molecular formula is C46H44BNO2. The van der Waals surface area contributed by atoms with Crippen LogP contribution >= 0.6 is 0 Å². The van der Waals surface area contributed by atoms with Crippen molar-refractivity contribution in [1.82, 2.24) is 0 Å². The van der Waals surface area contributed by atoms with Gasteiger partial charge in [-0.25, -0.2) is 0 Å². The SMILES string of the molecule is CC1(C)c2ccccc2C2(c3ccccc31)c1ccc(B3OC(C)(C)C(C)(C)O3)c3c1-c1c2ccc2c1N(c1ccccc1-3)C1CCCCC21. The van der Waals surface area contributed by atoms with E-state index in [1.165, 1.54) is 98.3 Å². The molecule has 0 aromatic heterocycles. The molecule has 5 aromatic carbocycles. The van der Waals surface area contributed by atoms with Crippen molar-refractivity contribution < 1.29 is 9.31 Å². The van der Waals surface area contributed by atoms with E-state index < -0.39 is 23.7 Å².